The number of hydrogen-bond donors (Lipinski definition) is 0. The molecule has 3 aromatic carbocycles. The predicted molar refractivity (Wildman–Crippen MR) is 136 cm³/mol. The summed E-state index contributed by atoms with van der Waals surface area (Å²) in [5, 5.41) is 0. The lowest BCUT2D eigenvalue weighted by Crippen LogP contribution is -2.40. The molecule has 0 atom stereocenters. The van der Waals surface area contributed by atoms with Crippen LogP contribution in [0.1, 0.15) is 62.8 Å². The Morgan fingerprint density at radius 1 is 0.818 bits per heavy atom. The topological polar surface area (TPSA) is 12.0 Å². The zero-order valence-electron chi connectivity index (χ0n) is 20.9. The molecule has 3 nitrogen and oxygen atoms in total. The number of benzene rings is 3. The van der Waals surface area contributed by atoms with Gasteiger partial charge in [-0.2, -0.15) is 0 Å². The molecule has 0 bridgehead atoms. The van der Waals surface area contributed by atoms with Gasteiger partial charge in [-0.25, -0.2) is 0 Å². The van der Waals surface area contributed by atoms with Crippen molar-refractivity contribution in [1.29, 1.82) is 0 Å². The number of hydrogen-bond acceptors (Lipinski definition) is 1. The Labute approximate surface area is 197 Å². The van der Waals surface area contributed by atoms with Crippen LogP contribution in [-0.4, -0.2) is 11.6 Å². The summed E-state index contributed by atoms with van der Waals surface area (Å²) in [6.45, 7) is 14.0. The lowest BCUT2D eigenvalue weighted by Gasteiger charge is -2.43. The predicted octanol–water partition coefficient (Wildman–Crippen LogP) is 6.75. The molecule has 0 saturated heterocycles. The summed E-state index contributed by atoms with van der Waals surface area (Å²) in [6.07, 6.45) is 6.20. The molecule has 0 saturated carbocycles. The highest BCUT2D eigenvalue weighted by Crippen LogP contribution is 2.49. The van der Waals surface area contributed by atoms with Gasteiger partial charge in [0.25, 0.3) is 6.33 Å². The highest BCUT2D eigenvalue weighted by atomic mass is 15.2. The molecule has 0 unspecified atom stereocenters. The van der Waals surface area contributed by atoms with Gasteiger partial charge in [0.1, 0.15) is 5.52 Å². The van der Waals surface area contributed by atoms with Gasteiger partial charge in [0, 0.05) is 12.7 Å². The van der Waals surface area contributed by atoms with Crippen molar-refractivity contribution in [3.05, 3.63) is 77.1 Å². The van der Waals surface area contributed by atoms with Crippen LogP contribution in [0.2, 0.25) is 0 Å². The van der Waals surface area contributed by atoms with Crippen molar-refractivity contribution in [2.45, 2.75) is 65.2 Å². The lowest BCUT2D eigenvalue weighted by molar-refractivity contribution is -0.572. The summed E-state index contributed by atoms with van der Waals surface area (Å²) in [5.41, 5.74) is 13.2. The van der Waals surface area contributed by atoms with Crippen molar-refractivity contribution in [2.75, 3.05) is 11.9 Å². The molecule has 0 amide bonds. The second-order valence-corrected chi connectivity index (χ2v) is 11.4. The second kappa shape index (κ2) is 6.50. The Morgan fingerprint density at radius 3 is 2.09 bits per heavy atom. The minimum Gasteiger partial charge on any atom is -0.351 e. The quantitative estimate of drug-likeness (QED) is 0.238. The van der Waals surface area contributed by atoms with Crippen LogP contribution in [-0.2, 0) is 10.8 Å². The van der Waals surface area contributed by atoms with Crippen LogP contribution in [0, 0.1) is 20.2 Å². The van der Waals surface area contributed by atoms with E-state index in [0.29, 0.717) is 0 Å². The summed E-state index contributed by atoms with van der Waals surface area (Å²) >= 11 is 0. The number of aryl methyl sites for hydroxylation is 2. The Bertz CT molecular complexity index is 1430. The molecule has 0 N–H and O–H groups in total. The minimum atomic E-state index is 0.171. The van der Waals surface area contributed by atoms with E-state index in [9.17, 15) is 0 Å². The third kappa shape index (κ3) is 2.71. The van der Waals surface area contributed by atoms with Gasteiger partial charge in [-0.05, 0) is 78.0 Å². The van der Waals surface area contributed by atoms with Crippen LogP contribution in [0.3, 0.4) is 0 Å². The van der Waals surface area contributed by atoms with Crippen molar-refractivity contribution >= 4 is 22.4 Å². The molecular weight excluding hydrogens is 402 g/mol. The molecule has 1 aliphatic heterocycles. The Kier molecular flexibility index (Phi) is 4.04. The van der Waals surface area contributed by atoms with E-state index in [1.165, 1.54) is 68.9 Å². The Hall–Kier alpha value is -3.07. The third-order valence-corrected chi connectivity index (χ3v) is 8.23. The van der Waals surface area contributed by atoms with E-state index < -0.39 is 0 Å². The van der Waals surface area contributed by atoms with E-state index in [1.54, 1.807) is 0 Å². The lowest BCUT2D eigenvalue weighted by atomic mass is 9.63. The molecule has 168 valence electrons. The number of anilines is 2. The van der Waals surface area contributed by atoms with Crippen LogP contribution < -0.4 is 9.47 Å². The van der Waals surface area contributed by atoms with Gasteiger partial charge in [0.2, 0.25) is 0 Å². The zero-order valence-corrected chi connectivity index (χ0v) is 20.9. The maximum absolute atomic E-state index is 3.77. The van der Waals surface area contributed by atoms with Gasteiger partial charge in [0.15, 0.2) is 0 Å². The first-order chi connectivity index (χ1) is 15.6. The molecule has 1 aliphatic carbocycles. The van der Waals surface area contributed by atoms with Crippen molar-refractivity contribution in [3.63, 3.8) is 0 Å². The van der Waals surface area contributed by atoms with Crippen LogP contribution in [0.15, 0.2) is 48.5 Å². The molecule has 6 rings (SSSR count). The summed E-state index contributed by atoms with van der Waals surface area (Å²) in [4.78, 5) is 2.37. The van der Waals surface area contributed by atoms with E-state index in [4.69, 9.17) is 0 Å². The van der Waals surface area contributed by atoms with Crippen molar-refractivity contribution in [2.24, 2.45) is 0 Å². The molecule has 1 aromatic heterocycles. The van der Waals surface area contributed by atoms with E-state index >= 15 is 0 Å². The van der Waals surface area contributed by atoms with Crippen LogP contribution >= 0.6 is 0 Å². The van der Waals surface area contributed by atoms with Gasteiger partial charge in [0.05, 0.1) is 22.6 Å². The molecule has 2 aliphatic rings. The number of aromatic nitrogens is 2. The second-order valence-electron chi connectivity index (χ2n) is 11.4. The van der Waals surface area contributed by atoms with Gasteiger partial charge < -0.3 is 4.90 Å². The van der Waals surface area contributed by atoms with E-state index in [1.807, 2.05) is 0 Å². The van der Waals surface area contributed by atoms with Gasteiger partial charge in [-0.15, -0.1) is 0 Å². The smallest absolute Gasteiger partial charge is 0.269 e. The van der Waals surface area contributed by atoms with Crippen LogP contribution in [0.4, 0.5) is 11.4 Å². The SMILES string of the molecule is Cc1cccc(C)c1-n1[c-][n+]2c3c(cccc31)N(C)c1cc3c(cc1-2)C(C)(C)CCC3(C)C. The first-order valence-electron chi connectivity index (χ1n) is 12.1. The van der Waals surface area contributed by atoms with Crippen LogP contribution in [0.5, 0.6) is 0 Å². The highest BCUT2D eigenvalue weighted by Gasteiger charge is 2.39. The number of nitrogens with zero attached hydrogens (tertiary/aromatic N) is 3. The largest absolute Gasteiger partial charge is 0.351 e. The summed E-state index contributed by atoms with van der Waals surface area (Å²) in [7, 11) is 2.21. The third-order valence-electron chi connectivity index (χ3n) is 8.23. The molecule has 4 aromatic rings. The molecule has 0 fully saturated rings. The van der Waals surface area contributed by atoms with Crippen molar-refractivity contribution in [1.82, 2.24) is 4.57 Å². The molecule has 3 heteroatoms. The monoisotopic (exact) mass is 435 g/mol. The average Bonchev–Trinajstić information content (AvgIpc) is 3.15. The molecular formula is C30H33N3. The van der Waals surface area contributed by atoms with Crippen LogP contribution in [0.25, 0.3) is 22.4 Å². The number of rotatable bonds is 1. The van der Waals surface area contributed by atoms with Gasteiger partial charge in [-0.1, -0.05) is 58.0 Å². The Morgan fingerprint density at radius 2 is 1.42 bits per heavy atom. The summed E-state index contributed by atoms with van der Waals surface area (Å²) in [6, 6.07) is 18.1. The van der Waals surface area contributed by atoms with E-state index in [2.05, 4.69) is 117 Å². The fraction of sp³-hybridized carbons (Fsp3) is 0.367. The first kappa shape index (κ1) is 20.5. The maximum atomic E-state index is 3.77. The van der Waals surface area contributed by atoms with Gasteiger partial charge in [-0.3, -0.25) is 9.13 Å². The Balaban J connectivity index is 1.71. The normalized spacial score (nSPS) is 17.7. The molecule has 2 heterocycles. The maximum Gasteiger partial charge on any atom is 0.269 e. The van der Waals surface area contributed by atoms with Crippen molar-refractivity contribution in [3.8, 4) is 11.4 Å². The van der Waals surface area contributed by atoms with Gasteiger partial charge >= 0.3 is 0 Å². The van der Waals surface area contributed by atoms with E-state index in [-0.39, 0.29) is 10.8 Å². The average molecular weight is 436 g/mol. The summed E-state index contributed by atoms with van der Waals surface area (Å²) in [5.74, 6) is 0. The first-order valence-corrected chi connectivity index (χ1v) is 12.1. The number of para-hydroxylation sites is 2. The minimum absolute atomic E-state index is 0.171. The fourth-order valence-electron chi connectivity index (χ4n) is 6.08. The molecule has 33 heavy (non-hydrogen) atoms. The van der Waals surface area contributed by atoms with E-state index in [0.717, 1.165) is 0 Å². The molecule has 0 spiro atoms. The fourth-order valence-corrected chi connectivity index (χ4v) is 6.08. The highest BCUT2D eigenvalue weighted by molar-refractivity contribution is 5.93. The number of imidazole rings is 1. The number of fused-ring (bicyclic) bond motifs is 3. The zero-order chi connectivity index (χ0) is 23.3. The molecule has 0 radical (unpaired) electrons. The standard InChI is InChI=1S/C30H33N3/c1-19-10-8-11-20(2)27(19)32-18-33-26-17-22-21(29(3,4)14-15-30(22,5)6)16-25(26)31(7)23-12-9-13-24(32)28(23)33/h8-13,16-17H,14-15H2,1-7H3. The summed E-state index contributed by atoms with van der Waals surface area (Å²) < 4.78 is 4.57. The van der Waals surface area contributed by atoms with Crippen molar-refractivity contribution < 1.29 is 4.57 Å².